The first-order valence-electron chi connectivity index (χ1n) is 5.56. The molecule has 16 heavy (non-hydrogen) atoms. The summed E-state index contributed by atoms with van der Waals surface area (Å²) in [6, 6.07) is 10.3. The lowest BCUT2D eigenvalue weighted by Gasteiger charge is -2.18. The summed E-state index contributed by atoms with van der Waals surface area (Å²) in [7, 11) is 2.05. The Balaban J connectivity index is 2.68. The third-order valence-electron chi connectivity index (χ3n) is 2.82. The van der Waals surface area contributed by atoms with Gasteiger partial charge in [0.15, 0.2) is 0 Å². The highest BCUT2D eigenvalue weighted by Crippen LogP contribution is 2.24. The number of nitrogens with zero attached hydrogens (tertiary/aromatic N) is 2. The molecule has 0 saturated heterocycles. The van der Waals surface area contributed by atoms with Gasteiger partial charge in [0.25, 0.3) is 0 Å². The Kier molecular flexibility index (Phi) is 3.06. The molecule has 0 fully saturated rings. The second-order valence-corrected chi connectivity index (χ2v) is 3.88. The van der Waals surface area contributed by atoms with Crippen molar-refractivity contribution < 1.29 is 0 Å². The van der Waals surface area contributed by atoms with Gasteiger partial charge in [-0.3, -0.25) is 0 Å². The van der Waals surface area contributed by atoms with Crippen LogP contribution >= 0.6 is 0 Å². The molecule has 2 N–H and O–H groups in total. The van der Waals surface area contributed by atoms with E-state index in [4.69, 9.17) is 5.73 Å². The van der Waals surface area contributed by atoms with Gasteiger partial charge >= 0.3 is 0 Å². The summed E-state index contributed by atoms with van der Waals surface area (Å²) in [5.74, 6) is 1.01. The molecule has 3 heteroatoms. The molecule has 0 atom stereocenters. The van der Waals surface area contributed by atoms with E-state index in [0.717, 1.165) is 18.1 Å². The van der Waals surface area contributed by atoms with Crippen molar-refractivity contribution in [3.63, 3.8) is 0 Å². The second-order valence-electron chi connectivity index (χ2n) is 3.88. The highest BCUT2D eigenvalue weighted by molar-refractivity contribution is 5.92. The van der Waals surface area contributed by atoms with E-state index in [1.165, 1.54) is 10.8 Å². The maximum absolute atomic E-state index is 5.67. The number of fused-ring (bicyclic) bond motifs is 1. The Labute approximate surface area is 95.9 Å². The number of aromatic nitrogens is 1. The summed E-state index contributed by atoms with van der Waals surface area (Å²) in [5.41, 5.74) is 6.61. The molecular formula is C13H17N3. The van der Waals surface area contributed by atoms with E-state index in [1.807, 2.05) is 12.1 Å². The maximum Gasteiger partial charge on any atom is 0.136 e. The van der Waals surface area contributed by atoms with Crippen LogP contribution in [0.4, 0.5) is 5.82 Å². The van der Waals surface area contributed by atoms with Gasteiger partial charge in [0.2, 0.25) is 0 Å². The molecule has 0 amide bonds. The van der Waals surface area contributed by atoms with Crippen LogP contribution in [0, 0.1) is 0 Å². The van der Waals surface area contributed by atoms with E-state index in [0.29, 0.717) is 6.54 Å². The van der Waals surface area contributed by atoms with Crippen molar-refractivity contribution in [2.45, 2.75) is 13.5 Å². The summed E-state index contributed by atoms with van der Waals surface area (Å²) in [6.45, 7) is 3.53. The van der Waals surface area contributed by atoms with Gasteiger partial charge in [-0.1, -0.05) is 24.3 Å². The zero-order valence-electron chi connectivity index (χ0n) is 9.77. The molecule has 0 unspecified atom stereocenters. The molecule has 1 heterocycles. The van der Waals surface area contributed by atoms with Crippen molar-refractivity contribution in [1.29, 1.82) is 0 Å². The summed E-state index contributed by atoms with van der Waals surface area (Å²) < 4.78 is 0. The van der Waals surface area contributed by atoms with E-state index in [2.05, 4.69) is 42.1 Å². The average Bonchev–Trinajstić information content (AvgIpc) is 2.36. The lowest BCUT2D eigenvalue weighted by molar-refractivity contribution is 0.917. The molecule has 1 aromatic heterocycles. The molecule has 2 rings (SSSR count). The molecule has 0 aliphatic rings. The molecule has 0 bridgehead atoms. The van der Waals surface area contributed by atoms with Gasteiger partial charge in [-0.2, -0.15) is 0 Å². The summed E-state index contributed by atoms with van der Waals surface area (Å²) in [6.07, 6.45) is 0. The van der Waals surface area contributed by atoms with Crippen LogP contribution in [0.3, 0.4) is 0 Å². The highest BCUT2D eigenvalue weighted by Gasteiger charge is 2.07. The fourth-order valence-corrected chi connectivity index (χ4v) is 1.78. The van der Waals surface area contributed by atoms with Crippen molar-refractivity contribution in [1.82, 2.24) is 4.98 Å². The number of rotatable bonds is 3. The standard InChI is InChI=1S/C13H17N3/c1-3-16(2)13-12-7-5-4-6-10(12)8-11(9-14)15-13/h4-8H,3,9,14H2,1-2H3. The summed E-state index contributed by atoms with van der Waals surface area (Å²) in [4.78, 5) is 6.73. The Hall–Kier alpha value is -1.61. The zero-order chi connectivity index (χ0) is 11.5. The normalized spacial score (nSPS) is 10.7. The van der Waals surface area contributed by atoms with E-state index in [-0.39, 0.29) is 0 Å². The maximum atomic E-state index is 5.67. The van der Waals surface area contributed by atoms with Gasteiger partial charge in [0.05, 0.1) is 5.69 Å². The molecular weight excluding hydrogens is 198 g/mol. The SMILES string of the molecule is CCN(C)c1nc(CN)cc2ccccc12. The number of hydrogen-bond donors (Lipinski definition) is 1. The van der Waals surface area contributed by atoms with E-state index in [1.54, 1.807) is 0 Å². The monoisotopic (exact) mass is 215 g/mol. The predicted octanol–water partition coefficient (Wildman–Crippen LogP) is 2.15. The van der Waals surface area contributed by atoms with Crippen molar-refractivity contribution in [2.24, 2.45) is 5.73 Å². The average molecular weight is 215 g/mol. The molecule has 0 radical (unpaired) electrons. The van der Waals surface area contributed by atoms with Gasteiger partial charge in [-0.05, 0) is 18.4 Å². The van der Waals surface area contributed by atoms with E-state index in [9.17, 15) is 0 Å². The highest BCUT2D eigenvalue weighted by atomic mass is 15.2. The number of anilines is 1. The number of nitrogens with two attached hydrogens (primary N) is 1. The minimum absolute atomic E-state index is 0.482. The predicted molar refractivity (Wildman–Crippen MR) is 68.6 cm³/mol. The van der Waals surface area contributed by atoms with Crippen LogP contribution in [-0.4, -0.2) is 18.6 Å². The third-order valence-corrected chi connectivity index (χ3v) is 2.82. The topological polar surface area (TPSA) is 42.2 Å². The van der Waals surface area contributed by atoms with E-state index < -0.39 is 0 Å². The van der Waals surface area contributed by atoms with Gasteiger partial charge < -0.3 is 10.6 Å². The Morgan fingerprint density at radius 1 is 1.31 bits per heavy atom. The molecule has 3 nitrogen and oxygen atoms in total. The fourth-order valence-electron chi connectivity index (χ4n) is 1.78. The minimum Gasteiger partial charge on any atom is -0.359 e. The van der Waals surface area contributed by atoms with Crippen molar-refractivity contribution in [3.05, 3.63) is 36.0 Å². The molecule has 2 aromatic rings. The Bertz CT molecular complexity index is 494. The van der Waals surface area contributed by atoms with Gasteiger partial charge in [0.1, 0.15) is 5.82 Å². The van der Waals surface area contributed by atoms with Crippen LogP contribution in [-0.2, 0) is 6.54 Å². The van der Waals surface area contributed by atoms with Gasteiger partial charge in [-0.25, -0.2) is 4.98 Å². The Morgan fingerprint density at radius 3 is 2.75 bits per heavy atom. The first-order valence-corrected chi connectivity index (χ1v) is 5.56. The zero-order valence-corrected chi connectivity index (χ0v) is 9.77. The molecule has 0 saturated carbocycles. The molecule has 0 spiro atoms. The van der Waals surface area contributed by atoms with E-state index >= 15 is 0 Å². The molecule has 1 aromatic carbocycles. The van der Waals surface area contributed by atoms with Crippen LogP contribution in [0.25, 0.3) is 10.8 Å². The smallest absolute Gasteiger partial charge is 0.136 e. The van der Waals surface area contributed by atoms with Gasteiger partial charge in [0, 0.05) is 25.5 Å². The Morgan fingerprint density at radius 2 is 2.06 bits per heavy atom. The quantitative estimate of drug-likeness (QED) is 0.853. The summed E-state index contributed by atoms with van der Waals surface area (Å²) in [5, 5.41) is 2.39. The first-order chi connectivity index (χ1) is 7.76. The molecule has 84 valence electrons. The van der Waals surface area contributed by atoms with Crippen molar-refractivity contribution in [3.8, 4) is 0 Å². The van der Waals surface area contributed by atoms with Crippen molar-refractivity contribution in [2.75, 3.05) is 18.5 Å². The fraction of sp³-hybridized carbons (Fsp3) is 0.308. The third kappa shape index (κ3) is 1.86. The van der Waals surface area contributed by atoms with Crippen LogP contribution in [0.1, 0.15) is 12.6 Å². The number of pyridine rings is 1. The van der Waals surface area contributed by atoms with Gasteiger partial charge in [-0.15, -0.1) is 0 Å². The number of hydrogen-bond acceptors (Lipinski definition) is 3. The van der Waals surface area contributed by atoms with Crippen LogP contribution in [0.5, 0.6) is 0 Å². The number of benzene rings is 1. The van der Waals surface area contributed by atoms with Crippen LogP contribution in [0.2, 0.25) is 0 Å². The summed E-state index contributed by atoms with van der Waals surface area (Å²) >= 11 is 0. The molecule has 0 aliphatic heterocycles. The first kappa shape index (κ1) is 10.9. The second kappa shape index (κ2) is 4.49. The largest absolute Gasteiger partial charge is 0.359 e. The lowest BCUT2D eigenvalue weighted by atomic mass is 10.1. The van der Waals surface area contributed by atoms with Crippen molar-refractivity contribution >= 4 is 16.6 Å². The molecule has 0 aliphatic carbocycles. The van der Waals surface area contributed by atoms with Crippen LogP contribution < -0.4 is 10.6 Å². The van der Waals surface area contributed by atoms with Crippen LogP contribution in [0.15, 0.2) is 30.3 Å². The minimum atomic E-state index is 0.482. The lowest BCUT2D eigenvalue weighted by Crippen LogP contribution is -2.18.